The van der Waals surface area contributed by atoms with Gasteiger partial charge < -0.3 is 30.3 Å². The van der Waals surface area contributed by atoms with Crippen molar-refractivity contribution in [3.05, 3.63) is 67.0 Å². The molecule has 0 saturated carbocycles. The highest BCUT2D eigenvalue weighted by atomic mass is 16.2. The number of carbonyl (C=O) groups is 2. The van der Waals surface area contributed by atoms with E-state index in [1.165, 1.54) is 6.08 Å². The monoisotopic (exact) mass is 582 g/mol. The molecule has 3 N–H and O–H groups in total. The number of likely N-dealkylation sites (N-methyl/N-ethyl adjacent to an activating group) is 2. The maximum absolute atomic E-state index is 13.0. The standard InChI is InChI=1S/C33H42N8O2/c1-10-29(42)35-25-18-24(21(2)17-28(25)40(8)16-15-39(6)7)37-32-34-19-26(36-31(43)33(3,4)5)30(38-32)23-20-41(9)27-14-12-11-13-22(23)27/h10-14,17-20H,1,15-16H2,2-9H3,(H,35,42)(H,36,43)(H,34,37,38). The second-order valence-electron chi connectivity index (χ2n) is 12.1. The Kier molecular flexibility index (Phi) is 9.20. The highest BCUT2D eigenvalue weighted by molar-refractivity contribution is 6.03. The Labute approximate surface area is 253 Å². The highest BCUT2D eigenvalue weighted by Gasteiger charge is 2.24. The third kappa shape index (κ3) is 7.21. The largest absolute Gasteiger partial charge is 0.372 e. The number of aryl methyl sites for hydroxylation is 2. The summed E-state index contributed by atoms with van der Waals surface area (Å²) in [6.07, 6.45) is 4.89. The molecule has 10 heteroatoms. The van der Waals surface area contributed by atoms with Gasteiger partial charge in [0, 0.05) is 61.0 Å². The summed E-state index contributed by atoms with van der Waals surface area (Å²) >= 11 is 0. The minimum Gasteiger partial charge on any atom is -0.372 e. The van der Waals surface area contributed by atoms with E-state index in [0.29, 0.717) is 23.0 Å². The van der Waals surface area contributed by atoms with Crippen molar-refractivity contribution in [2.45, 2.75) is 27.7 Å². The van der Waals surface area contributed by atoms with Gasteiger partial charge in [-0.3, -0.25) is 9.59 Å². The van der Waals surface area contributed by atoms with Crippen LogP contribution in [0.15, 0.2) is 61.4 Å². The van der Waals surface area contributed by atoms with Crippen LogP contribution in [0.3, 0.4) is 0 Å². The maximum atomic E-state index is 13.0. The topological polar surface area (TPSA) is 107 Å². The van der Waals surface area contributed by atoms with Gasteiger partial charge in [-0.2, -0.15) is 0 Å². The lowest BCUT2D eigenvalue weighted by Crippen LogP contribution is -2.29. The lowest BCUT2D eigenvalue weighted by molar-refractivity contribution is -0.123. The average Bonchev–Trinajstić information content (AvgIpc) is 3.29. The predicted octanol–water partition coefficient (Wildman–Crippen LogP) is 5.79. The van der Waals surface area contributed by atoms with Crippen LogP contribution in [0, 0.1) is 12.3 Å². The van der Waals surface area contributed by atoms with E-state index in [1.807, 2.05) is 103 Å². The van der Waals surface area contributed by atoms with Crippen molar-refractivity contribution in [3.63, 3.8) is 0 Å². The summed E-state index contributed by atoms with van der Waals surface area (Å²) in [7, 11) is 8.04. The zero-order valence-electron chi connectivity index (χ0n) is 26.4. The van der Waals surface area contributed by atoms with Crippen LogP contribution in [0.4, 0.5) is 28.7 Å². The van der Waals surface area contributed by atoms with E-state index < -0.39 is 5.41 Å². The first kappa shape index (κ1) is 31.2. The van der Waals surface area contributed by atoms with E-state index in [2.05, 4.69) is 37.3 Å². The number of para-hydroxylation sites is 1. The molecule has 2 amide bonds. The number of fused-ring (bicyclic) bond motifs is 1. The number of hydrogen-bond acceptors (Lipinski definition) is 7. The first-order valence-electron chi connectivity index (χ1n) is 14.2. The van der Waals surface area contributed by atoms with Crippen molar-refractivity contribution < 1.29 is 9.59 Å². The zero-order chi connectivity index (χ0) is 31.5. The van der Waals surface area contributed by atoms with Crippen LogP contribution in [-0.2, 0) is 16.6 Å². The van der Waals surface area contributed by atoms with E-state index in [9.17, 15) is 9.59 Å². The van der Waals surface area contributed by atoms with Crippen LogP contribution < -0.4 is 20.9 Å². The summed E-state index contributed by atoms with van der Waals surface area (Å²) in [6, 6.07) is 12.0. The molecule has 0 saturated heterocycles. The number of nitrogens with one attached hydrogen (secondary N) is 3. The minimum absolute atomic E-state index is 0.134. The Morgan fingerprint density at radius 3 is 2.42 bits per heavy atom. The van der Waals surface area contributed by atoms with Gasteiger partial charge in [-0.25, -0.2) is 9.97 Å². The van der Waals surface area contributed by atoms with Crippen LogP contribution in [0.1, 0.15) is 26.3 Å². The molecule has 4 aromatic rings. The number of anilines is 5. The molecule has 0 atom stereocenters. The van der Waals surface area contributed by atoms with Crippen LogP contribution in [0.25, 0.3) is 22.2 Å². The number of hydrogen-bond donors (Lipinski definition) is 3. The van der Waals surface area contributed by atoms with Gasteiger partial charge in [-0.1, -0.05) is 45.5 Å². The van der Waals surface area contributed by atoms with E-state index in [4.69, 9.17) is 4.98 Å². The Hall–Kier alpha value is -4.70. The molecule has 226 valence electrons. The molecule has 0 aliphatic carbocycles. The van der Waals surface area contributed by atoms with Gasteiger partial charge in [-0.15, -0.1) is 0 Å². The minimum atomic E-state index is -0.599. The molecule has 0 fully saturated rings. The molecule has 0 radical (unpaired) electrons. The summed E-state index contributed by atoms with van der Waals surface area (Å²) in [5, 5.41) is 10.3. The van der Waals surface area contributed by atoms with Gasteiger partial charge in [0.15, 0.2) is 0 Å². The van der Waals surface area contributed by atoms with Crippen LogP contribution in [0.2, 0.25) is 0 Å². The molecule has 0 unspecified atom stereocenters. The van der Waals surface area contributed by atoms with Crippen molar-refractivity contribution in [3.8, 4) is 11.3 Å². The molecule has 2 aromatic heterocycles. The summed E-state index contributed by atoms with van der Waals surface area (Å²) in [5.41, 5.74) is 5.66. The smallest absolute Gasteiger partial charge is 0.247 e. The summed E-state index contributed by atoms with van der Waals surface area (Å²) in [6.45, 7) is 12.8. The molecule has 0 aliphatic rings. The van der Waals surface area contributed by atoms with Gasteiger partial charge in [0.05, 0.1) is 23.3 Å². The Morgan fingerprint density at radius 1 is 1.02 bits per heavy atom. The molecule has 10 nitrogen and oxygen atoms in total. The molecule has 2 aromatic carbocycles. The van der Waals surface area contributed by atoms with Crippen LogP contribution in [-0.4, -0.2) is 65.5 Å². The van der Waals surface area contributed by atoms with Crippen molar-refractivity contribution in [1.82, 2.24) is 19.4 Å². The molecular formula is C33H42N8O2. The highest BCUT2D eigenvalue weighted by Crippen LogP contribution is 2.36. The lowest BCUT2D eigenvalue weighted by Gasteiger charge is -2.26. The fourth-order valence-electron chi connectivity index (χ4n) is 4.60. The van der Waals surface area contributed by atoms with E-state index in [1.54, 1.807) is 6.20 Å². The van der Waals surface area contributed by atoms with Gasteiger partial charge in [0.25, 0.3) is 0 Å². The van der Waals surface area contributed by atoms with E-state index in [0.717, 1.165) is 46.5 Å². The number of nitrogens with zero attached hydrogens (tertiary/aromatic N) is 5. The van der Waals surface area contributed by atoms with Gasteiger partial charge in [0.2, 0.25) is 17.8 Å². The Bertz CT molecular complexity index is 1670. The fraction of sp³-hybridized carbons (Fsp3) is 0.333. The Morgan fingerprint density at radius 2 is 1.74 bits per heavy atom. The lowest BCUT2D eigenvalue weighted by atomic mass is 9.95. The third-order valence-electron chi connectivity index (χ3n) is 7.20. The predicted molar refractivity (Wildman–Crippen MR) is 177 cm³/mol. The van der Waals surface area contributed by atoms with Crippen molar-refractivity contribution in [2.75, 3.05) is 55.1 Å². The average molecular weight is 583 g/mol. The number of amides is 2. The summed E-state index contributed by atoms with van der Waals surface area (Å²) in [4.78, 5) is 39.1. The van der Waals surface area contributed by atoms with Crippen molar-refractivity contribution in [2.24, 2.45) is 12.5 Å². The number of rotatable bonds is 10. The quantitative estimate of drug-likeness (QED) is 0.203. The molecule has 0 spiro atoms. The zero-order valence-corrected chi connectivity index (χ0v) is 26.4. The van der Waals surface area contributed by atoms with Crippen LogP contribution >= 0.6 is 0 Å². The number of aromatic nitrogens is 3. The Balaban J connectivity index is 1.79. The first-order chi connectivity index (χ1) is 20.3. The second-order valence-corrected chi connectivity index (χ2v) is 12.1. The van der Waals surface area contributed by atoms with Gasteiger partial charge in [0.1, 0.15) is 5.69 Å². The van der Waals surface area contributed by atoms with Gasteiger partial charge >= 0.3 is 0 Å². The molecule has 4 rings (SSSR count). The molecule has 2 heterocycles. The normalized spacial score (nSPS) is 11.5. The maximum Gasteiger partial charge on any atom is 0.247 e. The summed E-state index contributed by atoms with van der Waals surface area (Å²) in [5.74, 6) is -0.0780. The molecule has 0 bridgehead atoms. The van der Waals surface area contributed by atoms with Crippen molar-refractivity contribution in [1.29, 1.82) is 0 Å². The van der Waals surface area contributed by atoms with Crippen LogP contribution in [0.5, 0.6) is 0 Å². The van der Waals surface area contributed by atoms with E-state index >= 15 is 0 Å². The molecular weight excluding hydrogens is 540 g/mol. The van der Waals surface area contributed by atoms with Gasteiger partial charge in [-0.05, 0) is 50.9 Å². The first-order valence-corrected chi connectivity index (χ1v) is 14.2. The summed E-state index contributed by atoms with van der Waals surface area (Å²) < 4.78 is 2.04. The fourth-order valence-corrected chi connectivity index (χ4v) is 4.60. The number of carbonyl (C=O) groups excluding carboxylic acids is 2. The molecule has 43 heavy (non-hydrogen) atoms. The van der Waals surface area contributed by atoms with E-state index in [-0.39, 0.29) is 11.8 Å². The second kappa shape index (κ2) is 12.7. The molecule has 0 aliphatic heterocycles. The van der Waals surface area contributed by atoms with Crippen molar-refractivity contribution >= 4 is 51.4 Å². The SMILES string of the molecule is C=CC(=O)Nc1cc(Nc2ncc(NC(=O)C(C)(C)C)c(-c3cn(C)c4ccccc34)n2)c(C)cc1N(C)CCN(C)C. The number of benzene rings is 2. The third-order valence-corrected chi connectivity index (χ3v) is 7.20.